The van der Waals surface area contributed by atoms with Crippen LogP contribution in [0.25, 0.3) is 0 Å². The molecule has 0 N–H and O–H groups in total. The van der Waals surface area contributed by atoms with Crippen molar-refractivity contribution in [3.05, 3.63) is 0 Å². The summed E-state index contributed by atoms with van der Waals surface area (Å²) < 4.78 is 37.8. The van der Waals surface area contributed by atoms with Crippen molar-refractivity contribution in [2.45, 2.75) is 39.3 Å². The lowest BCUT2D eigenvalue weighted by Gasteiger charge is -2.40. The smallest absolute Gasteiger partial charge is 0.247 e. The Morgan fingerprint density at radius 1 is 0.923 bits per heavy atom. The molecule has 0 aromatic heterocycles. The van der Waals surface area contributed by atoms with E-state index in [9.17, 15) is 13.0 Å². The van der Waals surface area contributed by atoms with Crippen LogP contribution >= 0.6 is 7.91 Å². The van der Waals surface area contributed by atoms with Crippen molar-refractivity contribution in [2.75, 3.05) is 0 Å². The fourth-order valence-electron chi connectivity index (χ4n) is 1.70. The number of rotatable bonds is 3. The molecule has 7 heteroatoms. The topological polar surface area (TPSA) is 20.3 Å². The molecule has 0 heterocycles. The second-order valence-electron chi connectivity index (χ2n) is 5.09. The van der Waals surface area contributed by atoms with Crippen molar-refractivity contribution < 1.29 is 13.0 Å². The summed E-state index contributed by atoms with van der Waals surface area (Å²) >= 11 is 0. The molecule has 0 saturated carbocycles. The predicted molar refractivity (Wildman–Crippen MR) is 58.4 cm³/mol. The van der Waals surface area contributed by atoms with E-state index in [2.05, 4.69) is 0 Å². The largest absolute Gasteiger partial charge is 0.470 e. The summed E-state index contributed by atoms with van der Waals surface area (Å²) in [7, 11) is -9.41. The summed E-state index contributed by atoms with van der Waals surface area (Å²) in [5.74, 6) is 0. The van der Waals surface area contributed by atoms with Crippen LogP contribution < -0.4 is 0 Å². The quantitative estimate of drug-likeness (QED) is 0.553. The van der Waals surface area contributed by atoms with Crippen LogP contribution in [0.3, 0.4) is 0 Å². The van der Waals surface area contributed by atoms with Crippen LogP contribution in [0, 0.1) is 0 Å². The fourth-order valence-corrected chi connectivity index (χ4v) is 15.3. The molecule has 0 unspecified atom stereocenters. The molecule has 0 spiro atoms. The number of nitrogens with zero attached hydrogens (tertiary/aromatic N) is 1. The first-order valence-electron chi connectivity index (χ1n) is 4.17. The Bertz CT molecular complexity index is 216. The Labute approximate surface area is 81.2 Å². The Kier molecular flexibility index (Phi) is 3.70. The normalized spacial score (nSPS) is 15.2. The van der Waals surface area contributed by atoms with Crippen LogP contribution in [-0.2, 0) is 4.57 Å². The SMILES string of the molecule is C[Si](C)(C)N([Si](C)(C)C)P(=O)(F)F. The van der Waals surface area contributed by atoms with Crippen LogP contribution in [0.2, 0.25) is 39.3 Å². The third-order valence-electron chi connectivity index (χ3n) is 1.50. The van der Waals surface area contributed by atoms with Gasteiger partial charge in [0.25, 0.3) is 0 Å². The molecule has 0 rings (SSSR count). The highest BCUT2D eigenvalue weighted by atomic mass is 31.2. The zero-order valence-corrected chi connectivity index (χ0v) is 12.0. The lowest BCUT2D eigenvalue weighted by molar-refractivity contribution is 0.464. The lowest BCUT2D eigenvalue weighted by atomic mass is 11.8. The molecule has 13 heavy (non-hydrogen) atoms. The van der Waals surface area contributed by atoms with E-state index in [0.717, 1.165) is 4.00 Å². The molecule has 0 fully saturated rings. The van der Waals surface area contributed by atoms with Gasteiger partial charge >= 0.3 is 7.91 Å². The molecular weight excluding hydrogens is 227 g/mol. The van der Waals surface area contributed by atoms with Gasteiger partial charge in [0, 0.05) is 0 Å². The van der Waals surface area contributed by atoms with Gasteiger partial charge in [-0.05, 0) is 0 Å². The van der Waals surface area contributed by atoms with E-state index >= 15 is 0 Å². The minimum absolute atomic E-state index is 1.06. The summed E-state index contributed by atoms with van der Waals surface area (Å²) in [6.45, 7) is 10.8. The summed E-state index contributed by atoms with van der Waals surface area (Å²) in [6.07, 6.45) is 0. The molecule has 2 nitrogen and oxygen atoms in total. The molecule has 80 valence electrons. The molecule has 0 aromatic rings. The van der Waals surface area contributed by atoms with Gasteiger partial charge in [-0.3, -0.25) is 0 Å². The molecule has 0 bridgehead atoms. The first kappa shape index (κ1) is 13.5. The zero-order valence-electron chi connectivity index (χ0n) is 9.06. The Morgan fingerprint density at radius 2 is 1.15 bits per heavy atom. The zero-order chi connectivity index (χ0) is 11.1. The second-order valence-corrected chi connectivity index (χ2v) is 17.1. The van der Waals surface area contributed by atoms with E-state index in [1.54, 1.807) is 39.3 Å². The Balaban J connectivity index is 5.15. The van der Waals surface area contributed by atoms with Crippen molar-refractivity contribution in [1.82, 2.24) is 4.00 Å². The molecule has 0 saturated heterocycles. The second kappa shape index (κ2) is 3.57. The van der Waals surface area contributed by atoms with Crippen LogP contribution in [0.4, 0.5) is 8.39 Å². The molecule has 0 aromatic carbocycles. The van der Waals surface area contributed by atoms with Crippen molar-refractivity contribution in [1.29, 1.82) is 0 Å². The van der Waals surface area contributed by atoms with E-state index < -0.39 is 24.4 Å². The van der Waals surface area contributed by atoms with Crippen LogP contribution in [0.15, 0.2) is 0 Å². The summed E-state index contributed by atoms with van der Waals surface area (Å²) in [5, 5.41) is 0. The maximum absolute atomic E-state index is 12.9. The van der Waals surface area contributed by atoms with Gasteiger partial charge in [-0.2, -0.15) is 0 Å². The van der Waals surface area contributed by atoms with Crippen LogP contribution in [0.1, 0.15) is 0 Å². The number of hydrogen-bond donors (Lipinski definition) is 0. The van der Waals surface area contributed by atoms with Crippen molar-refractivity contribution in [3.8, 4) is 0 Å². The first-order chi connectivity index (χ1) is 5.37. The number of hydrogen-bond acceptors (Lipinski definition) is 1. The van der Waals surface area contributed by atoms with Crippen molar-refractivity contribution in [3.63, 3.8) is 0 Å². The fraction of sp³-hybridized carbons (Fsp3) is 1.00. The third kappa shape index (κ3) is 4.02. The minimum atomic E-state index is -5.06. The van der Waals surface area contributed by atoms with E-state index in [1.165, 1.54) is 0 Å². The maximum atomic E-state index is 12.9. The molecular formula is C6H18F2NOPSi2. The summed E-state index contributed by atoms with van der Waals surface area (Å²) in [5.41, 5.74) is 0. The van der Waals surface area contributed by atoms with Gasteiger partial charge in [0.2, 0.25) is 0 Å². The highest BCUT2D eigenvalue weighted by molar-refractivity contribution is 7.55. The molecule has 0 aliphatic carbocycles. The number of halogens is 2. The van der Waals surface area contributed by atoms with Gasteiger partial charge in [-0.1, -0.05) is 39.3 Å². The molecule has 0 aliphatic heterocycles. The Hall–Kier alpha value is 0.484. The highest BCUT2D eigenvalue weighted by Crippen LogP contribution is 2.57. The van der Waals surface area contributed by atoms with E-state index in [4.69, 9.17) is 0 Å². The maximum Gasteiger partial charge on any atom is 0.470 e. The van der Waals surface area contributed by atoms with Gasteiger partial charge in [0.15, 0.2) is 0 Å². The van der Waals surface area contributed by atoms with Gasteiger partial charge in [0.1, 0.15) is 16.5 Å². The predicted octanol–water partition coefficient (Wildman–Crippen LogP) is 4.01. The summed E-state index contributed by atoms with van der Waals surface area (Å²) in [4.78, 5) is 0. The Morgan fingerprint density at radius 3 is 1.15 bits per heavy atom. The average Bonchev–Trinajstić information content (AvgIpc) is 1.44. The van der Waals surface area contributed by atoms with E-state index in [1.807, 2.05) is 0 Å². The van der Waals surface area contributed by atoms with Gasteiger partial charge in [-0.15, -0.1) is 8.39 Å². The average molecular weight is 245 g/mol. The molecule has 0 amide bonds. The minimum Gasteiger partial charge on any atom is -0.247 e. The van der Waals surface area contributed by atoms with Crippen LogP contribution in [0.5, 0.6) is 0 Å². The lowest BCUT2D eigenvalue weighted by Crippen LogP contribution is -2.55. The molecule has 0 atom stereocenters. The third-order valence-corrected chi connectivity index (χ3v) is 13.5. The van der Waals surface area contributed by atoms with Crippen molar-refractivity contribution >= 4 is 24.4 Å². The van der Waals surface area contributed by atoms with E-state index in [-0.39, 0.29) is 0 Å². The highest BCUT2D eigenvalue weighted by Gasteiger charge is 2.47. The van der Waals surface area contributed by atoms with Gasteiger partial charge in [-0.25, -0.2) is 8.57 Å². The van der Waals surface area contributed by atoms with Gasteiger partial charge in [0.05, 0.1) is 0 Å². The standard InChI is InChI=1S/C6H18F2NOPSi2/c1-12(2,3)9(11(7,8)10)13(4,5)6/h1-6H3. The van der Waals surface area contributed by atoms with Gasteiger partial charge < -0.3 is 0 Å². The van der Waals surface area contributed by atoms with Crippen molar-refractivity contribution in [2.24, 2.45) is 0 Å². The molecule has 0 aliphatic rings. The van der Waals surface area contributed by atoms with Crippen LogP contribution in [-0.4, -0.2) is 20.5 Å². The summed E-state index contributed by atoms with van der Waals surface area (Å²) in [6, 6.07) is 0. The first-order valence-corrected chi connectivity index (χ1v) is 12.5. The monoisotopic (exact) mass is 245 g/mol. The molecule has 0 radical (unpaired) electrons. The van der Waals surface area contributed by atoms with E-state index in [0.29, 0.717) is 0 Å².